The zero-order valence-electron chi connectivity index (χ0n) is 14.1. The summed E-state index contributed by atoms with van der Waals surface area (Å²) in [6.07, 6.45) is 0. The Kier molecular flexibility index (Phi) is 5.36. The molecule has 0 heterocycles. The van der Waals surface area contributed by atoms with Crippen LogP contribution in [0.5, 0.6) is 17.2 Å². The third-order valence-corrected chi connectivity index (χ3v) is 3.38. The van der Waals surface area contributed by atoms with Crippen LogP contribution in [-0.2, 0) is 0 Å². The van der Waals surface area contributed by atoms with Gasteiger partial charge in [0.2, 0.25) is 5.75 Å². The molecule has 7 nitrogen and oxygen atoms in total. The van der Waals surface area contributed by atoms with Crippen LogP contribution < -0.4 is 30.6 Å². The highest BCUT2D eigenvalue weighted by Crippen LogP contribution is 2.39. The number of aryl methyl sites for hydroxylation is 1. The van der Waals surface area contributed by atoms with Crippen LogP contribution in [-0.4, -0.2) is 27.4 Å². The molecule has 2 aromatic carbocycles. The molecule has 0 bridgehead atoms. The Hall–Kier alpha value is -3.09. The molecule has 0 aliphatic rings. The predicted octanol–water partition coefficient (Wildman–Crippen LogP) is 3.25. The summed E-state index contributed by atoms with van der Waals surface area (Å²) in [7, 11) is 4.53. The molecular formula is C17H21N3O4. The van der Waals surface area contributed by atoms with E-state index in [-0.39, 0.29) is 0 Å². The minimum absolute atomic E-state index is 0.429. The van der Waals surface area contributed by atoms with Crippen LogP contribution >= 0.6 is 0 Å². The Morgan fingerprint density at radius 3 is 2.12 bits per heavy atom. The second-order valence-electron chi connectivity index (χ2n) is 5.08. The average molecular weight is 331 g/mol. The van der Waals surface area contributed by atoms with Gasteiger partial charge in [0.1, 0.15) is 0 Å². The fourth-order valence-corrected chi connectivity index (χ4v) is 2.22. The first-order chi connectivity index (χ1) is 11.5. The van der Waals surface area contributed by atoms with Gasteiger partial charge in [0.25, 0.3) is 0 Å². The average Bonchev–Trinajstić information content (AvgIpc) is 2.57. The van der Waals surface area contributed by atoms with Crippen molar-refractivity contribution in [1.82, 2.24) is 0 Å². The fraction of sp³-hybridized carbons (Fsp3) is 0.235. The van der Waals surface area contributed by atoms with Crippen molar-refractivity contribution in [3.63, 3.8) is 0 Å². The molecule has 0 aromatic heterocycles. The van der Waals surface area contributed by atoms with Crippen LogP contribution in [0.2, 0.25) is 0 Å². The predicted molar refractivity (Wildman–Crippen MR) is 94.3 cm³/mol. The topological polar surface area (TPSA) is 94.8 Å². The molecule has 0 spiro atoms. The number of hydrogen-bond acceptors (Lipinski definition) is 5. The van der Waals surface area contributed by atoms with Crippen molar-refractivity contribution in [2.24, 2.45) is 0 Å². The number of rotatable bonds is 5. The minimum Gasteiger partial charge on any atom is -0.493 e. The summed E-state index contributed by atoms with van der Waals surface area (Å²) in [5, 5.41) is 5.43. The third-order valence-electron chi connectivity index (χ3n) is 3.38. The number of methoxy groups -OCH3 is 3. The van der Waals surface area contributed by atoms with Crippen LogP contribution in [0.15, 0.2) is 30.3 Å². The van der Waals surface area contributed by atoms with Gasteiger partial charge < -0.3 is 30.6 Å². The van der Waals surface area contributed by atoms with E-state index < -0.39 is 6.03 Å². The van der Waals surface area contributed by atoms with Gasteiger partial charge in [0.05, 0.1) is 38.4 Å². The summed E-state index contributed by atoms with van der Waals surface area (Å²) in [4.78, 5) is 12.2. The van der Waals surface area contributed by atoms with Crippen molar-refractivity contribution in [2.45, 2.75) is 6.92 Å². The summed E-state index contributed by atoms with van der Waals surface area (Å²) in [6, 6.07) is 8.26. The highest BCUT2D eigenvalue weighted by atomic mass is 16.5. The molecule has 0 unspecified atom stereocenters. The lowest BCUT2D eigenvalue weighted by Gasteiger charge is -2.15. The van der Waals surface area contributed by atoms with Crippen molar-refractivity contribution in [3.8, 4) is 17.2 Å². The molecule has 0 atom stereocenters. The van der Waals surface area contributed by atoms with Crippen molar-refractivity contribution in [1.29, 1.82) is 0 Å². The van der Waals surface area contributed by atoms with E-state index in [0.29, 0.717) is 34.3 Å². The summed E-state index contributed by atoms with van der Waals surface area (Å²) in [6.45, 7) is 1.92. The minimum atomic E-state index is -0.429. The number of nitrogens with two attached hydrogens (primary N) is 1. The SMILES string of the molecule is COc1cc(NC(=O)Nc2cc(C)ccc2N)cc(OC)c1OC. The number of benzene rings is 2. The van der Waals surface area contributed by atoms with Crippen molar-refractivity contribution in [3.05, 3.63) is 35.9 Å². The summed E-state index contributed by atoms with van der Waals surface area (Å²) < 4.78 is 15.8. The van der Waals surface area contributed by atoms with E-state index in [2.05, 4.69) is 10.6 Å². The summed E-state index contributed by atoms with van der Waals surface area (Å²) in [5.74, 6) is 1.35. The molecular weight excluding hydrogens is 310 g/mol. The zero-order chi connectivity index (χ0) is 17.7. The zero-order valence-corrected chi connectivity index (χ0v) is 14.1. The van der Waals surface area contributed by atoms with Gasteiger partial charge in [-0.05, 0) is 24.6 Å². The Bertz CT molecular complexity index is 722. The number of carbonyl (C=O) groups is 1. The molecule has 2 amide bonds. The molecule has 4 N–H and O–H groups in total. The van der Waals surface area contributed by atoms with Gasteiger partial charge in [-0.15, -0.1) is 0 Å². The van der Waals surface area contributed by atoms with Gasteiger partial charge in [-0.3, -0.25) is 0 Å². The number of urea groups is 1. The number of anilines is 3. The van der Waals surface area contributed by atoms with Crippen LogP contribution in [0.1, 0.15) is 5.56 Å². The lowest BCUT2D eigenvalue weighted by Crippen LogP contribution is -2.20. The maximum absolute atomic E-state index is 12.2. The smallest absolute Gasteiger partial charge is 0.323 e. The summed E-state index contributed by atoms with van der Waals surface area (Å²) >= 11 is 0. The number of hydrogen-bond donors (Lipinski definition) is 3. The first-order valence-corrected chi connectivity index (χ1v) is 7.22. The van der Waals surface area contributed by atoms with Gasteiger partial charge in [0.15, 0.2) is 11.5 Å². The number of amides is 2. The molecule has 2 aromatic rings. The van der Waals surface area contributed by atoms with E-state index >= 15 is 0 Å². The second-order valence-corrected chi connectivity index (χ2v) is 5.08. The third kappa shape index (κ3) is 3.81. The Morgan fingerprint density at radius 2 is 1.58 bits per heavy atom. The highest BCUT2D eigenvalue weighted by Gasteiger charge is 2.14. The van der Waals surface area contributed by atoms with Crippen molar-refractivity contribution in [2.75, 3.05) is 37.7 Å². The van der Waals surface area contributed by atoms with E-state index in [1.807, 2.05) is 13.0 Å². The molecule has 128 valence electrons. The van der Waals surface area contributed by atoms with Gasteiger partial charge in [-0.1, -0.05) is 6.07 Å². The number of carbonyl (C=O) groups excluding carboxylic acids is 1. The Morgan fingerprint density at radius 1 is 0.958 bits per heavy atom. The van der Waals surface area contributed by atoms with Crippen LogP contribution in [0.3, 0.4) is 0 Å². The van der Waals surface area contributed by atoms with Crippen LogP contribution in [0.25, 0.3) is 0 Å². The molecule has 7 heteroatoms. The number of ether oxygens (including phenoxy) is 3. The standard InChI is InChI=1S/C17H21N3O4/c1-10-5-6-12(18)13(7-10)20-17(21)19-11-8-14(22-2)16(24-4)15(9-11)23-3/h5-9H,18H2,1-4H3,(H2,19,20,21). The molecule has 24 heavy (non-hydrogen) atoms. The molecule has 0 radical (unpaired) electrons. The van der Waals surface area contributed by atoms with Gasteiger partial charge in [0, 0.05) is 12.1 Å². The first-order valence-electron chi connectivity index (χ1n) is 7.22. The maximum atomic E-state index is 12.2. The molecule has 2 rings (SSSR count). The number of nitrogen functional groups attached to an aromatic ring is 1. The molecule has 0 saturated carbocycles. The van der Waals surface area contributed by atoms with Gasteiger partial charge in [-0.2, -0.15) is 0 Å². The van der Waals surface area contributed by atoms with Crippen molar-refractivity contribution >= 4 is 23.1 Å². The monoisotopic (exact) mass is 331 g/mol. The van der Waals surface area contributed by atoms with Crippen LogP contribution in [0.4, 0.5) is 21.9 Å². The first kappa shape index (κ1) is 17.3. The van der Waals surface area contributed by atoms with E-state index in [4.69, 9.17) is 19.9 Å². The van der Waals surface area contributed by atoms with E-state index in [0.717, 1.165) is 5.56 Å². The Balaban J connectivity index is 2.21. The van der Waals surface area contributed by atoms with Gasteiger partial charge in [-0.25, -0.2) is 4.79 Å². The second kappa shape index (κ2) is 7.45. The molecule has 0 saturated heterocycles. The highest BCUT2D eigenvalue weighted by molar-refractivity contribution is 6.02. The Labute approximate surface area is 140 Å². The quantitative estimate of drug-likeness (QED) is 0.731. The van der Waals surface area contributed by atoms with Gasteiger partial charge >= 0.3 is 6.03 Å². The van der Waals surface area contributed by atoms with Crippen molar-refractivity contribution < 1.29 is 19.0 Å². The summed E-state index contributed by atoms with van der Waals surface area (Å²) in [5.41, 5.74) is 8.38. The van der Waals surface area contributed by atoms with Crippen LogP contribution in [0, 0.1) is 6.92 Å². The lowest BCUT2D eigenvalue weighted by molar-refractivity contribution is 0.262. The maximum Gasteiger partial charge on any atom is 0.323 e. The van der Waals surface area contributed by atoms with E-state index in [1.165, 1.54) is 21.3 Å². The fourth-order valence-electron chi connectivity index (χ4n) is 2.22. The molecule has 0 aliphatic heterocycles. The molecule has 0 fully saturated rings. The largest absolute Gasteiger partial charge is 0.493 e. The number of nitrogens with one attached hydrogen (secondary N) is 2. The molecule has 0 aliphatic carbocycles. The lowest BCUT2D eigenvalue weighted by atomic mass is 10.2. The van der Waals surface area contributed by atoms with E-state index in [1.54, 1.807) is 24.3 Å². The normalized spacial score (nSPS) is 10.0. The van der Waals surface area contributed by atoms with E-state index in [9.17, 15) is 4.79 Å².